The van der Waals surface area contributed by atoms with E-state index in [-0.39, 0.29) is 29.1 Å². The van der Waals surface area contributed by atoms with Crippen molar-refractivity contribution in [2.75, 3.05) is 0 Å². The maximum absolute atomic E-state index is 13.1. The van der Waals surface area contributed by atoms with Crippen LogP contribution in [0.1, 0.15) is 35.0 Å². The first-order chi connectivity index (χ1) is 12.9. The molecule has 0 bridgehead atoms. The van der Waals surface area contributed by atoms with Crippen LogP contribution in [0.15, 0.2) is 44.3 Å². The van der Waals surface area contributed by atoms with Gasteiger partial charge in [0.05, 0.1) is 11.4 Å². The van der Waals surface area contributed by atoms with Crippen LogP contribution in [0, 0.1) is 6.92 Å². The quantitative estimate of drug-likeness (QED) is 0.726. The molecule has 3 aromatic rings. The van der Waals surface area contributed by atoms with Crippen molar-refractivity contribution < 1.29 is 14.3 Å². The molecule has 0 saturated heterocycles. The third kappa shape index (κ3) is 2.71. The number of aromatic hydroxyl groups is 1. The maximum Gasteiger partial charge on any atom is 0.255 e. The molecule has 1 atom stereocenters. The fraction of sp³-hybridized carbons (Fsp3) is 0.250. The van der Waals surface area contributed by atoms with Crippen LogP contribution in [0.4, 0.5) is 0 Å². The maximum atomic E-state index is 13.1. The first-order valence-electron chi connectivity index (χ1n) is 8.64. The summed E-state index contributed by atoms with van der Waals surface area (Å²) < 4.78 is 7.22. The van der Waals surface area contributed by atoms with Crippen molar-refractivity contribution in [1.29, 1.82) is 0 Å². The molecular formula is C20H18N2O5. The number of rotatable bonds is 4. The van der Waals surface area contributed by atoms with Crippen molar-refractivity contribution in [3.63, 3.8) is 0 Å². The van der Waals surface area contributed by atoms with Gasteiger partial charge in [0.1, 0.15) is 5.76 Å². The second kappa shape index (κ2) is 6.12. The van der Waals surface area contributed by atoms with E-state index in [9.17, 15) is 19.5 Å². The number of nitrogens with two attached hydrogens (primary N) is 1. The van der Waals surface area contributed by atoms with Crippen molar-refractivity contribution in [3.05, 3.63) is 73.6 Å². The van der Waals surface area contributed by atoms with Gasteiger partial charge >= 0.3 is 0 Å². The van der Waals surface area contributed by atoms with Crippen molar-refractivity contribution >= 4 is 16.8 Å². The zero-order valence-electron chi connectivity index (χ0n) is 14.7. The summed E-state index contributed by atoms with van der Waals surface area (Å²) in [6, 6.07) is 8.63. The van der Waals surface area contributed by atoms with Gasteiger partial charge in [0.25, 0.3) is 5.56 Å². The highest BCUT2D eigenvalue weighted by molar-refractivity contribution is 5.84. The lowest BCUT2D eigenvalue weighted by molar-refractivity contribution is -0.118. The highest BCUT2D eigenvalue weighted by atomic mass is 16.4. The molecule has 3 N–H and O–H groups in total. The highest BCUT2D eigenvalue weighted by Gasteiger charge is 2.29. The number of carbonyl (C=O) groups is 1. The van der Waals surface area contributed by atoms with E-state index in [2.05, 4.69) is 0 Å². The summed E-state index contributed by atoms with van der Waals surface area (Å²) in [5, 5.41) is 11.1. The van der Waals surface area contributed by atoms with E-state index in [1.807, 2.05) is 18.2 Å². The van der Waals surface area contributed by atoms with Gasteiger partial charge in [-0.05, 0) is 30.4 Å². The molecule has 0 saturated carbocycles. The van der Waals surface area contributed by atoms with E-state index in [4.69, 9.17) is 10.2 Å². The minimum Gasteiger partial charge on any atom is -0.502 e. The number of pyridine rings is 1. The zero-order chi connectivity index (χ0) is 19.3. The number of aromatic nitrogens is 1. The fourth-order valence-corrected chi connectivity index (χ4v) is 3.85. The molecule has 0 radical (unpaired) electrons. The number of hydrogen-bond acceptors (Lipinski definition) is 5. The minimum absolute atomic E-state index is 0.114. The van der Waals surface area contributed by atoms with Crippen LogP contribution in [0.5, 0.6) is 5.75 Å². The Morgan fingerprint density at radius 2 is 2.11 bits per heavy atom. The Labute approximate surface area is 153 Å². The minimum atomic E-state index is -0.944. The summed E-state index contributed by atoms with van der Waals surface area (Å²) in [6.45, 7) is 2.10. The molecule has 1 aromatic carbocycles. The Morgan fingerprint density at radius 3 is 2.85 bits per heavy atom. The topological polar surface area (TPSA) is 116 Å². The predicted molar refractivity (Wildman–Crippen MR) is 98.9 cm³/mol. The molecule has 0 fully saturated rings. The van der Waals surface area contributed by atoms with Gasteiger partial charge < -0.3 is 19.8 Å². The molecular weight excluding hydrogens is 348 g/mol. The van der Waals surface area contributed by atoms with E-state index < -0.39 is 23.0 Å². The van der Waals surface area contributed by atoms with Crippen LogP contribution in [0.2, 0.25) is 0 Å². The Balaban J connectivity index is 2.01. The van der Waals surface area contributed by atoms with Gasteiger partial charge in [-0.15, -0.1) is 0 Å². The van der Waals surface area contributed by atoms with Gasteiger partial charge in [-0.25, -0.2) is 0 Å². The van der Waals surface area contributed by atoms with E-state index in [0.29, 0.717) is 6.54 Å². The number of para-hydroxylation sites is 1. The van der Waals surface area contributed by atoms with Gasteiger partial charge in [-0.1, -0.05) is 18.2 Å². The Morgan fingerprint density at radius 1 is 1.33 bits per heavy atom. The SMILES string of the molecule is Cc1cc(=O)c(O)c([C@H](CC(N)=O)c2cc3cccc4c3n(c2=O)CC4)o1. The summed E-state index contributed by atoms with van der Waals surface area (Å²) in [5.41, 5.74) is 6.72. The van der Waals surface area contributed by atoms with Crippen LogP contribution in [-0.4, -0.2) is 15.6 Å². The monoisotopic (exact) mass is 366 g/mol. The lowest BCUT2D eigenvalue weighted by Crippen LogP contribution is -2.27. The van der Waals surface area contributed by atoms with Crippen molar-refractivity contribution in [1.82, 2.24) is 4.57 Å². The number of amides is 1. The Hall–Kier alpha value is -3.35. The smallest absolute Gasteiger partial charge is 0.255 e. The molecule has 3 heterocycles. The first-order valence-corrected chi connectivity index (χ1v) is 8.64. The molecule has 1 aliphatic heterocycles. The second-order valence-electron chi connectivity index (χ2n) is 6.82. The lowest BCUT2D eigenvalue weighted by atomic mass is 9.91. The average Bonchev–Trinajstić information content (AvgIpc) is 3.05. The Bertz CT molecular complexity index is 1210. The van der Waals surface area contributed by atoms with Gasteiger partial charge in [0.15, 0.2) is 5.76 Å². The van der Waals surface area contributed by atoms with Crippen LogP contribution < -0.4 is 16.7 Å². The normalized spacial score (nSPS) is 13.8. The van der Waals surface area contributed by atoms with E-state index in [1.165, 1.54) is 0 Å². The van der Waals surface area contributed by atoms with Gasteiger partial charge in [0, 0.05) is 24.6 Å². The third-order valence-electron chi connectivity index (χ3n) is 5.00. The summed E-state index contributed by atoms with van der Waals surface area (Å²) in [7, 11) is 0. The summed E-state index contributed by atoms with van der Waals surface area (Å²) >= 11 is 0. The number of aryl methyl sites for hydroxylation is 3. The predicted octanol–water partition coefficient (Wildman–Crippen LogP) is 1.53. The van der Waals surface area contributed by atoms with E-state index in [1.54, 1.807) is 17.6 Å². The van der Waals surface area contributed by atoms with Crippen molar-refractivity contribution in [2.45, 2.75) is 32.2 Å². The number of hydrogen-bond donors (Lipinski definition) is 2. The van der Waals surface area contributed by atoms with E-state index in [0.717, 1.165) is 29.0 Å². The number of primary amides is 1. The molecule has 0 aliphatic carbocycles. The first kappa shape index (κ1) is 17.1. The second-order valence-corrected chi connectivity index (χ2v) is 6.82. The molecule has 0 unspecified atom stereocenters. The molecule has 1 aliphatic rings. The van der Waals surface area contributed by atoms with Crippen LogP contribution in [0.25, 0.3) is 10.9 Å². The van der Waals surface area contributed by atoms with Gasteiger partial charge in [-0.3, -0.25) is 14.4 Å². The molecule has 2 aromatic heterocycles. The molecule has 1 amide bonds. The molecule has 4 rings (SSSR count). The van der Waals surface area contributed by atoms with Crippen LogP contribution in [-0.2, 0) is 17.8 Å². The molecule has 7 nitrogen and oxygen atoms in total. The van der Waals surface area contributed by atoms with Crippen LogP contribution >= 0.6 is 0 Å². The van der Waals surface area contributed by atoms with Crippen molar-refractivity contribution in [2.24, 2.45) is 5.73 Å². The fourth-order valence-electron chi connectivity index (χ4n) is 3.85. The number of carbonyl (C=O) groups excluding carboxylic acids is 1. The van der Waals surface area contributed by atoms with E-state index >= 15 is 0 Å². The third-order valence-corrected chi connectivity index (χ3v) is 5.00. The lowest BCUT2D eigenvalue weighted by Gasteiger charge is -2.18. The largest absolute Gasteiger partial charge is 0.502 e. The van der Waals surface area contributed by atoms with Crippen molar-refractivity contribution in [3.8, 4) is 5.75 Å². The highest BCUT2D eigenvalue weighted by Crippen LogP contribution is 2.34. The van der Waals surface area contributed by atoms with Crippen LogP contribution in [0.3, 0.4) is 0 Å². The standard InChI is InChI=1S/C20H18N2O5/c1-10-7-15(23)18(25)19(27-10)13(9-16(21)24)14-8-12-4-2-3-11-5-6-22(17(11)12)20(14)26/h2-4,7-8,13,25H,5-6,9H2,1H3,(H2,21,24)/t13-/m1/s1. The molecule has 7 heteroatoms. The number of nitrogens with zero attached hydrogens (tertiary/aromatic N) is 1. The van der Waals surface area contributed by atoms with Gasteiger partial charge in [0.2, 0.25) is 17.1 Å². The molecule has 0 spiro atoms. The summed E-state index contributed by atoms with van der Waals surface area (Å²) in [4.78, 5) is 36.8. The summed E-state index contributed by atoms with van der Waals surface area (Å²) in [6.07, 6.45) is 0.488. The molecule has 27 heavy (non-hydrogen) atoms. The summed E-state index contributed by atoms with van der Waals surface area (Å²) in [5.74, 6) is -2.06. The average molecular weight is 366 g/mol. The Kier molecular flexibility index (Phi) is 3.87. The zero-order valence-corrected chi connectivity index (χ0v) is 14.7. The molecule has 138 valence electrons. The van der Waals surface area contributed by atoms with Gasteiger partial charge in [-0.2, -0.15) is 0 Å². The number of benzene rings is 1.